The van der Waals surface area contributed by atoms with Crippen molar-refractivity contribution in [1.82, 2.24) is 19.7 Å². The van der Waals surface area contributed by atoms with Crippen LogP contribution in [-0.4, -0.2) is 47.0 Å². The second-order valence-electron chi connectivity index (χ2n) is 8.28. The van der Waals surface area contributed by atoms with E-state index in [1.54, 1.807) is 56.6 Å². The number of allylic oxidation sites excluding steroid dienone is 1. The maximum absolute atomic E-state index is 13.8. The van der Waals surface area contributed by atoms with E-state index < -0.39 is 6.04 Å². The number of carbonyl (C=O) groups excluding carboxylic acids is 1. The lowest BCUT2D eigenvalue weighted by molar-refractivity contribution is -0.113. The molecule has 0 spiro atoms. The van der Waals surface area contributed by atoms with Crippen LogP contribution in [0.15, 0.2) is 78.3 Å². The summed E-state index contributed by atoms with van der Waals surface area (Å²) in [4.78, 5) is 22.7. The number of para-hydroxylation sites is 2. The number of pyridine rings is 1. The van der Waals surface area contributed by atoms with E-state index in [0.29, 0.717) is 46.0 Å². The van der Waals surface area contributed by atoms with Gasteiger partial charge >= 0.3 is 0 Å². The van der Waals surface area contributed by atoms with Gasteiger partial charge in [-0.05, 0) is 48.9 Å². The molecule has 0 aliphatic carbocycles. The Morgan fingerprint density at radius 1 is 0.973 bits per heavy atom. The Hall–Kier alpha value is -4.86. The molecule has 2 aromatic heterocycles. The van der Waals surface area contributed by atoms with E-state index in [0.717, 1.165) is 11.1 Å². The molecule has 10 heteroatoms. The monoisotopic (exact) mass is 498 g/mol. The van der Waals surface area contributed by atoms with Gasteiger partial charge in [0.25, 0.3) is 5.91 Å². The van der Waals surface area contributed by atoms with E-state index in [9.17, 15) is 4.79 Å². The summed E-state index contributed by atoms with van der Waals surface area (Å²) >= 11 is 0. The Balaban J connectivity index is 1.63. The number of nitrogens with one attached hydrogen (secondary N) is 2. The minimum absolute atomic E-state index is 0.307. The number of ether oxygens (including phenoxy) is 3. The Bertz CT molecular complexity index is 1480. The quantitative estimate of drug-likeness (QED) is 0.388. The lowest BCUT2D eigenvalue weighted by Crippen LogP contribution is -2.31. The molecule has 1 aliphatic heterocycles. The van der Waals surface area contributed by atoms with Crippen LogP contribution in [0.3, 0.4) is 0 Å². The first-order chi connectivity index (χ1) is 18.0. The lowest BCUT2D eigenvalue weighted by Gasteiger charge is -2.29. The van der Waals surface area contributed by atoms with Crippen LogP contribution >= 0.6 is 0 Å². The van der Waals surface area contributed by atoms with Gasteiger partial charge in [0.05, 0.1) is 32.6 Å². The minimum Gasteiger partial charge on any atom is -0.495 e. The SMILES string of the molecule is COc1ccccc1NC(=O)C1=C(C)Nc2nc(-c3cccnc3)nn2[C@@H]1c1ccc(OC)c(OC)c1. The van der Waals surface area contributed by atoms with Crippen molar-refractivity contribution in [3.8, 4) is 28.6 Å². The van der Waals surface area contributed by atoms with Gasteiger partial charge in [-0.2, -0.15) is 4.98 Å². The fourth-order valence-electron chi connectivity index (χ4n) is 4.33. The van der Waals surface area contributed by atoms with Gasteiger partial charge in [0.2, 0.25) is 5.95 Å². The molecular formula is C27H26N6O4. The predicted octanol–water partition coefficient (Wildman–Crippen LogP) is 4.29. The molecule has 37 heavy (non-hydrogen) atoms. The third kappa shape index (κ3) is 4.44. The third-order valence-electron chi connectivity index (χ3n) is 6.10. The average molecular weight is 499 g/mol. The molecule has 5 rings (SSSR count). The van der Waals surface area contributed by atoms with Crippen molar-refractivity contribution in [2.75, 3.05) is 32.0 Å². The van der Waals surface area contributed by atoms with Gasteiger partial charge in [-0.15, -0.1) is 5.10 Å². The van der Waals surface area contributed by atoms with Gasteiger partial charge in [-0.3, -0.25) is 9.78 Å². The van der Waals surface area contributed by atoms with Crippen molar-refractivity contribution in [1.29, 1.82) is 0 Å². The van der Waals surface area contributed by atoms with E-state index >= 15 is 0 Å². The molecule has 2 N–H and O–H groups in total. The van der Waals surface area contributed by atoms with Gasteiger partial charge < -0.3 is 24.8 Å². The molecule has 0 bridgehead atoms. The Kier molecular flexibility index (Phi) is 6.46. The summed E-state index contributed by atoms with van der Waals surface area (Å²) in [5.74, 6) is 2.36. The number of carbonyl (C=O) groups is 1. The second kappa shape index (κ2) is 10.0. The molecule has 0 radical (unpaired) electrons. The van der Waals surface area contributed by atoms with Gasteiger partial charge in [0, 0.05) is 23.7 Å². The standard InChI is InChI=1S/C27H26N6O4/c1-16-23(26(34)30-19-9-5-6-10-20(19)35-2)24(17-11-12-21(36-3)22(14-17)37-4)33-27(29-16)31-25(32-33)18-8-7-13-28-15-18/h5-15,24H,1-4H3,(H,30,34)(H,29,31,32)/t24-/m1/s1. The molecule has 188 valence electrons. The highest BCUT2D eigenvalue weighted by Gasteiger charge is 2.35. The first-order valence-electron chi connectivity index (χ1n) is 11.5. The first kappa shape index (κ1) is 23.9. The number of rotatable bonds is 7. The second-order valence-corrected chi connectivity index (χ2v) is 8.28. The summed E-state index contributed by atoms with van der Waals surface area (Å²) in [5.41, 5.74) is 3.20. The third-order valence-corrected chi connectivity index (χ3v) is 6.10. The summed E-state index contributed by atoms with van der Waals surface area (Å²) in [5, 5.41) is 11.0. The van der Waals surface area contributed by atoms with Gasteiger partial charge in [0.1, 0.15) is 11.8 Å². The predicted molar refractivity (Wildman–Crippen MR) is 139 cm³/mol. The maximum atomic E-state index is 13.8. The van der Waals surface area contributed by atoms with Gasteiger partial charge in [0.15, 0.2) is 17.3 Å². The van der Waals surface area contributed by atoms with Crippen molar-refractivity contribution in [3.63, 3.8) is 0 Å². The Morgan fingerprint density at radius 3 is 2.49 bits per heavy atom. The molecule has 4 aromatic rings. The highest BCUT2D eigenvalue weighted by atomic mass is 16.5. The van der Waals surface area contributed by atoms with Crippen LogP contribution in [0.5, 0.6) is 17.2 Å². The van der Waals surface area contributed by atoms with Crippen molar-refractivity contribution in [2.45, 2.75) is 13.0 Å². The molecule has 1 atom stereocenters. The number of fused-ring (bicyclic) bond motifs is 1. The summed E-state index contributed by atoms with van der Waals surface area (Å²) < 4.78 is 18.1. The van der Waals surface area contributed by atoms with Crippen molar-refractivity contribution in [3.05, 3.63) is 83.8 Å². The van der Waals surface area contributed by atoms with Crippen molar-refractivity contribution in [2.24, 2.45) is 0 Å². The molecule has 0 fully saturated rings. The molecule has 2 aromatic carbocycles. The van der Waals surface area contributed by atoms with Gasteiger partial charge in [-0.1, -0.05) is 18.2 Å². The average Bonchev–Trinajstić information content (AvgIpc) is 3.36. The zero-order chi connectivity index (χ0) is 25.9. The van der Waals surface area contributed by atoms with Crippen LogP contribution in [0, 0.1) is 0 Å². The highest BCUT2D eigenvalue weighted by molar-refractivity contribution is 6.06. The van der Waals surface area contributed by atoms with Crippen LogP contribution < -0.4 is 24.8 Å². The lowest BCUT2D eigenvalue weighted by atomic mass is 9.94. The number of amides is 1. The zero-order valence-electron chi connectivity index (χ0n) is 20.9. The summed E-state index contributed by atoms with van der Waals surface area (Å²) in [7, 11) is 4.71. The zero-order valence-corrected chi connectivity index (χ0v) is 20.9. The molecule has 1 amide bonds. The number of benzene rings is 2. The highest BCUT2D eigenvalue weighted by Crippen LogP contribution is 2.40. The summed E-state index contributed by atoms with van der Waals surface area (Å²) in [6.07, 6.45) is 3.39. The van der Waals surface area contributed by atoms with Crippen molar-refractivity contribution < 1.29 is 19.0 Å². The molecule has 1 aliphatic rings. The Labute approximate surface area is 213 Å². The normalized spacial score (nSPS) is 14.4. The molecular weight excluding hydrogens is 472 g/mol. The molecule has 3 heterocycles. The minimum atomic E-state index is -0.608. The molecule has 10 nitrogen and oxygen atoms in total. The van der Waals surface area contributed by atoms with Crippen LogP contribution in [0.25, 0.3) is 11.4 Å². The van der Waals surface area contributed by atoms with Gasteiger partial charge in [-0.25, -0.2) is 4.68 Å². The number of methoxy groups -OCH3 is 3. The van der Waals surface area contributed by atoms with Crippen LogP contribution in [-0.2, 0) is 4.79 Å². The fourth-order valence-corrected chi connectivity index (χ4v) is 4.33. The van der Waals surface area contributed by atoms with Crippen LogP contribution in [0.1, 0.15) is 18.5 Å². The largest absolute Gasteiger partial charge is 0.495 e. The number of hydrogen-bond donors (Lipinski definition) is 2. The van der Waals surface area contributed by atoms with Crippen LogP contribution in [0.4, 0.5) is 11.6 Å². The topological polar surface area (TPSA) is 112 Å². The molecule has 0 unspecified atom stereocenters. The fraction of sp³-hybridized carbons (Fsp3) is 0.185. The smallest absolute Gasteiger partial charge is 0.255 e. The van der Waals surface area contributed by atoms with E-state index in [-0.39, 0.29) is 5.91 Å². The van der Waals surface area contributed by atoms with E-state index in [2.05, 4.69) is 20.6 Å². The summed E-state index contributed by atoms with van der Waals surface area (Å²) in [6.45, 7) is 1.84. The number of aromatic nitrogens is 4. The number of nitrogens with zero attached hydrogens (tertiary/aromatic N) is 4. The maximum Gasteiger partial charge on any atom is 0.255 e. The van der Waals surface area contributed by atoms with Crippen LogP contribution in [0.2, 0.25) is 0 Å². The summed E-state index contributed by atoms with van der Waals surface area (Å²) in [6, 6.07) is 15.9. The van der Waals surface area contributed by atoms with Crippen molar-refractivity contribution >= 4 is 17.5 Å². The molecule has 0 saturated heterocycles. The van der Waals surface area contributed by atoms with E-state index in [1.165, 1.54) is 0 Å². The molecule has 0 saturated carbocycles. The first-order valence-corrected chi connectivity index (χ1v) is 11.5. The number of anilines is 2. The number of hydrogen-bond acceptors (Lipinski definition) is 8. The van der Waals surface area contributed by atoms with E-state index in [4.69, 9.17) is 19.3 Å². The Morgan fingerprint density at radius 2 is 1.76 bits per heavy atom. The van der Waals surface area contributed by atoms with E-state index in [1.807, 2.05) is 43.3 Å².